The molecule has 3 fully saturated rings. The Hall–Kier alpha value is -2.31. The monoisotopic (exact) mass is 380 g/mol. The van der Waals surface area contributed by atoms with Gasteiger partial charge in [-0.15, -0.1) is 0 Å². The fourth-order valence-corrected chi connectivity index (χ4v) is 6.37. The molecule has 1 saturated carbocycles. The largest absolute Gasteiger partial charge is 0.468 e. The average Bonchev–Trinajstić information content (AvgIpc) is 3.09. The molecule has 5 atom stereocenters. The molecule has 3 heterocycles. The molecule has 146 valence electrons. The molecule has 1 aromatic rings. The topological polar surface area (TPSA) is 68.2 Å². The Labute approximate surface area is 164 Å². The van der Waals surface area contributed by atoms with Crippen molar-refractivity contribution in [3.05, 3.63) is 41.5 Å². The maximum atomic E-state index is 13.4. The van der Waals surface area contributed by atoms with Crippen LogP contribution in [-0.4, -0.2) is 55.9 Å². The van der Waals surface area contributed by atoms with Crippen molar-refractivity contribution in [3.8, 4) is 0 Å². The summed E-state index contributed by atoms with van der Waals surface area (Å²) in [5.74, 6) is -0.675. The predicted molar refractivity (Wildman–Crippen MR) is 104 cm³/mol. The lowest BCUT2D eigenvalue weighted by atomic mass is 9.43. The molecule has 3 aliphatic heterocycles. The number of esters is 1. The van der Waals surface area contributed by atoms with Crippen molar-refractivity contribution in [2.45, 2.75) is 37.5 Å². The second-order valence-electron chi connectivity index (χ2n) is 8.13. The minimum absolute atomic E-state index is 0.0533. The van der Waals surface area contributed by atoms with Gasteiger partial charge in [-0.05, 0) is 25.0 Å². The zero-order chi connectivity index (χ0) is 19.7. The molecule has 5 rings (SSSR count). The van der Waals surface area contributed by atoms with E-state index in [1.54, 1.807) is 7.11 Å². The predicted octanol–water partition coefficient (Wildman–Crippen LogP) is 2.40. The van der Waals surface area contributed by atoms with Gasteiger partial charge in [0.05, 0.1) is 24.3 Å². The van der Waals surface area contributed by atoms with Crippen molar-refractivity contribution in [2.75, 3.05) is 20.8 Å². The van der Waals surface area contributed by atoms with Crippen LogP contribution in [0.1, 0.15) is 25.3 Å². The minimum Gasteiger partial charge on any atom is -0.468 e. The number of allylic oxidation sites excluding steroid dienone is 1. The molecule has 0 aromatic heterocycles. The third-order valence-electron chi connectivity index (χ3n) is 7.49. The van der Waals surface area contributed by atoms with Gasteiger partial charge in [-0.3, -0.25) is 14.7 Å². The molecule has 28 heavy (non-hydrogen) atoms. The number of carbonyl (C=O) groups excluding carboxylic acids is 2. The van der Waals surface area contributed by atoms with Crippen LogP contribution in [0.4, 0.5) is 5.69 Å². The van der Waals surface area contributed by atoms with Crippen molar-refractivity contribution in [2.24, 2.45) is 16.3 Å². The number of fused-ring (bicyclic) bond motifs is 2. The van der Waals surface area contributed by atoms with Crippen molar-refractivity contribution < 1.29 is 19.1 Å². The molecule has 0 N–H and O–H groups in total. The second-order valence-corrected chi connectivity index (χ2v) is 8.13. The van der Waals surface area contributed by atoms with E-state index in [-0.39, 0.29) is 18.2 Å². The summed E-state index contributed by atoms with van der Waals surface area (Å²) in [5, 5.41) is 0. The molecule has 0 amide bonds. The zero-order valence-electron chi connectivity index (χ0n) is 16.3. The van der Waals surface area contributed by atoms with E-state index in [2.05, 4.69) is 4.90 Å². The van der Waals surface area contributed by atoms with Crippen LogP contribution in [0.2, 0.25) is 0 Å². The summed E-state index contributed by atoms with van der Waals surface area (Å²) in [4.78, 5) is 33.7. The lowest BCUT2D eigenvalue weighted by Crippen LogP contribution is -2.76. The number of hydrogen-bond donors (Lipinski definition) is 0. The zero-order valence-corrected chi connectivity index (χ0v) is 16.3. The third-order valence-corrected chi connectivity index (χ3v) is 7.49. The molecular formula is C22H24N2O4. The molecule has 0 unspecified atom stereocenters. The van der Waals surface area contributed by atoms with E-state index in [0.717, 1.165) is 28.8 Å². The fourth-order valence-electron chi connectivity index (χ4n) is 6.37. The van der Waals surface area contributed by atoms with Gasteiger partial charge in [-0.25, -0.2) is 0 Å². The first kappa shape index (κ1) is 17.8. The highest BCUT2D eigenvalue weighted by Crippen LogP contribution is 2.66. The van der Waals surface area contributed by atoms with Gasteiger partial charge in [0.1, 0.15) is 17.9 Å². The van der Waals surface area contributed by atoms with E-state index in [1.807, 2.05) is 37.3 Å². The van der Waals surface area contributed by atoms with Gasteiger partial charge >= 0.3 is 5.97 Å². The summed E-state index contributed by atoms with van der Waals surface area (Å²) in [6.45, 7) is 2.64. The highest BCUT2D eigenvalue weighted by atomic mass is 16.5. The molecule has 3 bridgehead atoms. The Morgan fingerprint density at radius 2 is 2.11 bits per heavy atom. The van der Waals surface area contributed by atoms with Gasteiger partial charge in [-0.2, -0.15) is 0 Å². The molecule has 1 aliphatic carbocycles. The number of aliphatic imine (C=N–C) groups is 1. The summed E-state index contributed by atoms with van der Waals surface area (Å²) in [7, 11) is 3.07. The summed E-state index contributed by atoms with van der Waals surface area (Å²) in [5.41, 5.74) is 1.63. The Bertz CT molecular complexity index is 938. The lowest BCUT2D eigenvalue weighted by molar-refractivity contribution is -0.176. The van der Waals surface area contributed by atoms with Crippen LogP contribution >= 0.6 is 0 Å². The molecule has 1 aromatic carbocycles. The van der Waals surface area contributed by atoms with Gasteiger partial charge in [0, 0.05) is 31.7 Å². The van der Waals surface area contributed by atoms with E-state index in [1.165, 1.54) is 7.11 Å². The number of methoxy groups -OCH3 is 2. The second kappa shape index (κ2) is 5.84. The summed E-state index contributed by atoms with van der Waals surface area (Å²) in [6.07, 6.45) is 3.88. The number of para-hydroxylation sites is 1. The van der Waals surface area contributed by atoms with Gasteiger partial charge in [0.15, 0.2) is 0 Å². The fraction of sp³-hybridized carbons (Fsp3) is 0.500. The Morgan fingerprint density at radius 3 is 2.79 bits per heavy atom. The smallest absolute Gasteiger partial charge is 0.321 e. The highest BCUT2D eigenvalue weighted by molar-refractivity contribution is 6.15. The first-order chi connectivity index (χ1) is 13.6. The Balaban J connectivity index is 1.90. The van der Waals surface area contributed by atoms with Crippen molar-refractivity contribution >= 4 is 23.7 Å². The van der Waals surface area contributed by atoms with Crippen molar-refractivity contribution in [3.63, 3.8) is 0 Å². The normalized spacial score (nSPS) is 39.3. The lowest BCUT2D eigenvalue weighted by Gasteiger charge is -2.64. The Morgan fingerprint density at radius 1 is 1.32 bits per heavy atom. The Kier molecular flexibility index (Phi) is 3.71. The standard InChI is InChI=1S/C22H24N2O4/c1-4-13-11-24-17-9-15(13)22(12-25,20(26)28-3)21(10-18(24)27-2)14-7-5-6-8-16(14)23-19(17)21/h4-8,12,15,17-18H,9-11H2,1-3H3/t15-,17-,18-,21+,22-/m0/s1. The number of nitrogens with zero attached hydrogens (tertiary/aromatic N) is 2. The molecule has 6 heteroatoms. The molecule has 6 nitrogen and oxygen atoms in total. The average molecular weight is 380 g/mol. The van der Waals surface area contributed by atoms with E-state index in [0.29, 0.717) is 19.4 Å². The SMILES string of the molecule is CC=C1CN2[C@@H](OC)C[C@]34C(=Nc5ccccc53)[C@@H]2C[C@@H]1[C@@]4(C=O)C(=O)OC. The van der Waals surface area contributed by atoms with Gasteiger partial charge in [-0.1, -0.05) is 29.8 Å². The van der Waals surface area contributed by atoms with Gasteiger partial charge in [0.25, 0.3) is 0 Å². The third kappa shape index (κ3) is 1.74. The number of benzene rings is 1. The first-order valence-electron chi connectivity index (χ1n) is 9.76. The quantitative estimate of drug-likeness (QED) is 0.349. The van der Waals surface area contributed by atoms with Crippen LogP contribution in [0, 0.1) is 11.3 Å². The maximum Gasteiger partial charge on any atom is 0.321 e. The molecule has 2 saturated heterocycles. The number of aldehydes is 1. The summed E-state index contributed by atoms with van der Waals surface area (Å²) >= 11 is 0. The van der Waals surface area contributed by atoms with E-state index in [4.69, 9.17) is 14.5 Å². The molecule has 0 radical (unpaired) electrons. The summed E-state index contributed by atoms with van der Waals surface area (Å²) in [6, 6.07) is 7.92. The van der Waals surface area contributed by atoms with Crippen molar-refractivity contribution in [1.29, 1.82) is 0 Å². The number of carbonyl (C=O) groups is 2. The van der Waals surface area contributed by atoms with Gasteiger partial charge in [0.2, 0.25) is 0 Å². The molecular weight excluding hydrogens is 356 g/mol. The van der Waals surface area contributed by atoms with E-state index in [9.17, 15) is 9.59 Å². The van der Waals surface area contributed by atoms with Crippen LogP contribution in [0.15, 0.2) is 40.9 Å². The van der Waals surface area contributed by atoms with Gasteiger partial charge < -0.3 is 14.3 Å². The van der Waals surface area contributed by atoms with Crippen LogP contribution < -0.4 is 0 Å². The summed E-state index contributed by atoms with van der Waals surface area (Å²) < 4.78 is 11.2. The van der Waals surface area contributed by atoms with Crippen LogP contribution in [0.5, 0.6) is 0 Å². The minimum atomic E-state index is -1.34. The van der Waals surface area contributed by atoms with E-state index < -0.39 is 16.8 Å². The highest BCUT2D eigenvalue weighted by Gasteiger charge is 2.75. The molecule has 4 aliphatic rings. The number of ether oxygens (including phenoxy) is 2. The number of rotatable bonds is 3. The maximum absolute atomic E-state index is 13.4. The number of piperidine rings is 2. The van der Waals surface area contributed by atoms with E-state index >= 15 is 0 Å². The van der Waals surface area contributed by atoms with Crippen LogP contribution in [0.25, 0.3) is 0 Å². The van der Waals surface area contributed by atoms with Crippen LogP contribution in [-0.2, 0) is 24.5 Å². The van der Waals surface area contributed by atoms with Crippen LogP contribution in [0.3, 0.4) is 0 Å². The van der Waals surface area contributed by atoms with Crippen molar-refractivity contribution in [1.82, 2.24) is 4.90 Å². The first-order valence-corrected chi connectivity index (χ1v) is 9.76. The number of hydrogen-bond acceptors (Lipinski definition) is 6. The molecule has 0 spiro atoms.